The molecule has 2 fully saturated rings. The fourth-order valence-corrected chi connectivity index (χ4v) is 2.48. The molecule has 3 nitrogen and oxygen atoms in total. The second-order valence-corrected chi connectivity index (χ2v) is 5.02. The molecule has 0 radical (unpaired) electrons. The van der Waals surface area contributed by atoms with E-state index < -0.39 is 0 Å². The molecule has 0 amide bonds. The van der Waals surface area contributed by atoms with Crippen LogP contribution in [0.5, 0.6) is 5.75 Å². The van der Waals surface area contributed by atoms with Gasteiger partial charge in [-0.25, -0.2) is 0 Å². The van der Waals surface area contributed by atoms with Gasteiger partial charge in [-0.05, 0) is 30.7 Å². The van der Waals surface area contributed by atoms with Gasteiger partial charge in [-0.1, -0.05) is 15.9 Å². The van der Waals surface area contributed by atoms with E-state index in [1.165, 1.54) is 0 Å². The summed E-state index contributed by atoms with van der Waals surface area (Å²) in [6.45, 7) is 1.42. The van der Waals surface area contributed by atoms with Gasteiger partial charge in [0.15, 0.2) is 6.10 Å². The van der Waals surface area contributed by atoms with E-state index in [0.29, 0.717) is 6.61 Å². The molecule has 2 saturated heterocycles. The first-order valence-electron chi connectivity index (χ1n) is 5.48. The van der Waals surface area contributed by atoms with Crippen molar-refractivity contribution < 1.29 is 14.2 Å². The molecule has 0 N–H and O–H groups in total. The number of hydrogen-bond acceptors (Lipinski definition) is 3. The van der Waals surface area contributed by atoms with Gasteiger partial charge >= 0.3 is 0 Å². The predicted molar refractivity (Wildman–Crippen MR) is 62.7 cm³/mol. The van der Waals surface area contributed by atoms with Gasteiger partial charge in [-0.2, -0.15) is 0 Å². The summed E-state index contributed by atoms with van der Waals surface area (Å²) in [7, 11) is 0. The van der Waals surface area contributed by atoms with Crippen molar-refractivity contribution in [2.24, 2.45) is 0 Å². The van der Waals surface area contributed by atoms with Crippen LogP contribution in [0.15, 0.2) is 28.7 Å². The molecule has 0 bridgehead atoms. The van der Waals surface area contributed by atoms with Crippen LogP contribution in [0.25, 0.3) is 0 Å². The van der Waals surface area contributed by atoms with Gasteiger partial charge < -0.3 is 14.2 Å². The first kappa shape index (κ1) is 10.6. The van der Waals surface area contributed by atoms with E-state index in [9.17, 15) is 0 Å². The number of rotatable bonds is 2. The standard InChI is InChI=1S/C12H13BrO3/c13-8-1-3-9(4-2-8)16-11-7-15-10-5-6-14-12(10)11/h1-4,10-12H,5-7H2. The summed E-state index contributed by atoms with van der Waals surface area (Å²) in [4.78, 5) is 0. The Morgan fingerprint density at radius 3 is 2.81 bits per heavy atom. The highest BCUT2D eigenvalue weighted by Crippen LogP contribution is 2.29. The number of hydrogen-bond donors (Lipinski definition) is 0. The third-order valence-corrected chi connectivity index (χ3v) is 3.55. The summed E-state index contributed by atoms with van der Waals surface area (Å²) in [5.74, 6) is 0.868. The van der Waals surface area contributed by atoms with Gasteiger partial charge in [0.2, 0.25) is 0 Å². The van der Waals surface area contributed by atoms with Crippen LogP contribution < -0.4 is 4.74 Å². The summed E-state index contributed by atoms with van der Waals surface area (Å²) < 4.78 is 18.2. The van der Waals surface area contributed by atoms with Crippen LogP contribution in [0.3, 0.4) is 0 Å². The Kier molecular flexibility index (Phi) is 2.88. The van der Waals surface area contributed by atoms with Gasteiger partial charge in [0.05, 0.1) is 12.7 Å². The second-order valence-electron chi connectivity index (χ2n) is 4.11. The van der Waals surface area contributed by atoms with E-state index in [1.807, 2.05) is 24.3 Å². The Balaban J connectivity index is 1.68. The molecule has 2 aliphatic rings. The highest BCUT2D eigenvalue weighted by molar-refractivity contribution is 9.10. The molecule has 0 aliphatic carbocycles. The van der Waals surface area contributed by atoms with Crippen molar-refractivity contribution in [1.82, 2.24) is 0 Å². The van der Waals surface area contributed by atoms with Crippen molar-refractivity contribution in [2.45, 2.75) is 24.7 Å². The highest BCUT2D eigenvalue weighted by Gasteiger charge is 2.43. The van der Waals surface area contributed by atoms with Crippen LogP contribution in [-0.2, 0) is 9.47 Å². The Bertz CT molecular complexity index is 365. The van der Waals surface area contributed by atoms with E-state index in [0.717, 1.165) is 23.2 Å². The zero-order valence-corrected chi connectivity index (χ0v) is 10.4. The zero-order valence-electron chi connectivity index (χ0n) is 8.77. The third-order valence-electron chi connectivity index (χ3n) is 3.02. The molecule has 1 aromatic carbocycles. The lowest BCUT2D eigenvalue weighted by molar-refractivity contribution is 0.0308. The average molecular weight is 285 g/mol. The molecular weight excluding hydrogens is 272 g/mol. The lowest BCUT2D eigenvalue weighted by Gasteiger charge is -2.17. The molecule has 3 unspecified atom stereocenters. The second kappa shape index (κ2) is 4.35. The Hall–Kier alpha value is -0.580. The predicted octanol–water partition coefficient (Wildman–Crippen LogP) is 2.38. The minimum atomic E-state index is 0.0358. The van der Waals surface area contributed by atoms with Crippen LogP contribution in [0, 0.1) is 0 Å². The van der Waals surface area contributed by atoms with E-state index in [1.54, 1.807) is 0 Å². The summed E-state index contributed by atoms with van der Waals surface area (Å²) in [6, 6.07) is 7.84. The van der Waals surface area contributed by atoms with Crippen molar-refractivity contribution in [3.63, 3.8) is 0 Å². The molecule has 16 heavy (non-hydrogen) atoms. The molecule has 2 aliphatic heterocycles. The molecule has 2 heterocycles. The Morgan fingerprint density at radius 1 is 1.19 bits per heavy atom. The lowest BCUT2D eigenvalue weighted by atomic mass is 10.1. The van der Waals surface area contributed by atoms with Crippen LogP contribution in [0.2, 0.25) is 0 Å². The van der Waals surface area contributed by atoms with Gasteiger partial charge in [0, 0.05) is 11.1 Å². The van der Waals surface area contributed by atoms with Crippen LogP contribution in [0.4, 0.5) is 0 Å². The summed E-state index contributed by atoms with van der Waals surface area (Å²) in [5, 5.41) is 0. The van der Waals surface area contributed by atoms with Crippen molar-refractivity contribution in [3.05, 3.63) is 28.7 Å². The molecule has 3 atom stereocenters. The van der Waals surface area contributed by atoms with Crippen LogP contribution in [0.1, 0.15) is 6.42 Å². The molecule has 0 spiro atoms. The summed E-state index contributed by atoms with van der Waals surface area (Å²) >= 11 is 3.40. The van der Waals surface area contributed by atoms with Gasteiger partial charge in [0.1, 0.15) is 11.9 Å². The van der Waals surface area contributed by atoms with Crippen molar-refractivity contribution in [3.8, 4) is 5.75 Å². The molecule has 4 heteroatoms. The summed E-state index contributed by atoms with van der Waals surface area (Å²) in [6.07, 6.45) is 1.38. The fourth-order valence-electron chi connectivity index (χ4n) is 2.22. The quantitative estimate of drug-likeness (QED) is 0.835. The smallest absolute Gasteiger partial charge is 0.150 e. The number of fused-ring (bicyclic) bond motifs is 1. The molecular formula is C12H13BrO3. The van der Waals surface area contributed by atoms with Gasteiger partial charge in [0.25, 0.3) is 0 Å². The Labute approximate surface area is 103 Å². The largest absolute Gasteiger partial charge is 0.485 e. The average Bonchev–Trinajstić information content (AvgIpc) is 2.86. The zero-order chi connectivity index (χ0) is 11.0. The molecule has 0 saturated carbocycles. The SMILES string of the molecule is Brc1ccc(OC2COC3CCOC32)cc1. The van der Waals surface area contributed by atoms with E-state index in [4.69, 9.17) is 14.2 Å². The van der Waals surface area contributed by atoms with Crippen LogP contribution >= 0.6 is 15.9 Å². The topological polar surface area (TPSA) is 27.7 Å². The van der Waals surface area contributed by atoms with Crippen molar-refractivity contribution >= 4 is 15.9 Å². The monoisotopic (exact) mass is 284 g/mol. The first-order valence-corrected chi connectivity index (χ1v) is 6.28. The molecule has 3 rings (SSSR count). The number of ether oxygens (including phenoxy) is 3. The van der Waals surface area contributed by atoms with Gasteiger partial charge in [-0.15, -0.1) is 0 Å². The summed E-state index contributed by atoms with van der Waals surface area (Å²) in [5.41, 5.74) is 0. The van der Waals surface area contributed by atoms with E-state index in [-0.39, 0.29) is 18.3 Å². The Morgan fingerprint density at radius 2 is 2.00 bits per heavy atom. The highest BCUT2D eigenvalue weighted by atomic mass is 79.9. The normalized spacial score (nSPS) is 32.7. The first-order chi connectivity index (χ1) is 7.83. The van der Waals surface area contributed by atoms with Crippen LogP contribution in [-0.4, -0.2) is 31.5 Å². The minimum Gasteiger partial charge on any atom is -0.485 e. The number of benzene rings is 1. The lowest BCUT2D eigenvalue weighted by Crippen LogP contribution is -2.32. The molecule has 0 aromatic heterocycles. The molecule has 86 valence electrons. The van der Waals surface area contributed by atoms with Crippen molar-refractivity contribution in [1.29, 1.82) is 0 Å². The molecule has 1 aromatic rings. The maximum Gasteiger partial charge on any atom is 0.150 e. The fraction of sp³-hybridized carbons (Fsp3) is 0.500. The van der Waals surface area contributed by atoms with Crippen molar-refractivity contribution in [2.75, 3.05) is 13.2 Å². The third kappa shape index (κ3) is 1.97. The minimum absolute atomic E-state index is 0.0358. The van der Waals surface area contributed by atoms with E-state index in [2.05, 4.69) is 15.9 Å². The number of halogens is 1. The maximum atomic E-state index is 5.87. The van der Waals surface area contributed by atoms with Gasteiger partial charge in [-0.3, -0.25) is 0 Å². The van der Waals surface area contributed by atoms with E-state index >= 15 is 0 Å². The maximum absolute atomic E-state index is 5.87.